The summed E-state index contributed by atoms with van der Waals surface area (Å²) in [6, 6.07) is 6.41. The summed E-state index contributed by atoms with van der Waals surface area (Å²) in [6.45, 7) is 1.61. The van der Waals surface area contributed by atoms with Gasteiger partial charge in [0.05, 0.1) is 18.8 Å². The summed E-state index contributed by atoms with van der Waals surface area (Å²) in [5.41, 5.74) is 0.897. The number of phenolic OH excluding ortho intramolecular Hbond substituents is 1. The van der Waals surface area contributed by atoms with E-state index in [2.05, 4.69) is 15.7 Å². The van der Waals surface area contributed by atoms with Gasteiger partial charge >= 0.3 is 0 Å². The molecule has 110 valence electrons. The van der Waals surface area contributed by atoms with E-state index in [0.29, 0.717) is 17.1 Å². The van der Waals surface area contributed by atoms with Crippen LogP contribution in [-0.4, -0.2) is 41.0 Å². The van der Waals surface area contributed by atoms with Crippen molar-refractivity contribution >= 4 is 11.6 Å². The van der Waals surface area contributed by atoms with Gasteiger partial charge in [-0.2, -0.15) is 5.10 Å². The molecule has 7 heteroatoms. The molecule has 1 amide bonds. The molecule has 1 aliphatic rings. The first-order chi connectivity index (χ1) is 10.2. The molecule has 1 saturated heterocycles. The molecule has 21 heavy (non-hydrogen) atoms. The average molecular weight is 288 g/mol. The van der Waals surface area contributed by atoms with Crippen molar-refractivity contribution in [3.05, 3.63) is 36.2 Å². The van der Waals surface area contributed by atoms with Gasteiger partial charge in [0.2, 0.25) is 0 Å². The summed E-state index contributed by atoms with van der Waals surface area (Å²) >= 11 is 0. The second-order valence-electron chi connectivity index (χ2n) is 4.81. The van der Waals surface area contributed by atoms with Crippen LogP contribution in [0.2, 0.25) is 0 Å². The molecule has 2 heterocycles. The maximum atomic E-state index is 12.4. The van der Waals surface area contributed by atoms with Gasteiger partial charge in [0.15, 0.2) is 0 Å². The average Bonchev–Trinajstić information content (AvgIpc) is 2.86. The molecule has 0 atom stereocenters. The second kappa shape index (κ2) is 5.45. The van der Waals surface area contributed by atoms with Crippen molar-refractivity contribution in [2.24, 2.45) is 0 Å². The van der Waals surface area contributed by atoms with E-state index >= 15 is 0 Å². The Morgan fingerprint density at radius 2 is 2.29 bits per heavy atom. The van der Waals surface area contributed by atoms with E-state index in [1.165, 1.54) is 19.2 Å². The number of nitrogens with one attached hydrogen (secondary N) is 2. The zero-order valence-electron chi connectivity index (χ0n) is 11.5. The number of nitrogens with zero attached hydrogens (tertiary/aromatic N) is 2. The Morgan fingerprint density at radius 1 is 1.48 bits per heavy atom. The van der Waals surface area contributed by atoms with E-state index in [4.69, 9.17) is 4.74 Å². The monoisotopic (exact) mass is 288 g/mol. The molecule has 1 aliphatic heterocycles. The molecule has 0 bridgehead atoms. The lowest BCUT2D eigenvalue weighted by molar-refractivity contribution is 0.101. The Morgan fingerprint density at radius 3 is 2.95 bits per heavy atom. The first kappa shape index (κ1) is 13.4. The summed E-state index contributed by atoms with van der Waals surface area (Å²) in [7, 11) is 1.51. The van der Waals surface area contributed by atoms with E-state index in [0.717, 1.165) is 13.1 Å². The Kier molecular flexibility index (Phi) is 3.49. The number of carbonyl (C=O) groups excluding carboxylic acids is 1. The fourth-order valence-corrected chi connectivity index (χ4v) is 2.21. The lowest BCUT2D eigenvalue weighted by atomic mass is 10.2. The van der Waals surface area contributed by atoms with Crippen LogP contribution >= 0.6 is 0 Å². The van der Waals surface area contributed by atoms with Gasteiger partial charge in [-0.05, 0) is 18.2 Å². The summed E-state index contributed by atoms with van der Waals surface area (Å²) in [5.74, 6) is 0.253. The summed E-state index contributed by atoms with van der Waals surface area (Å²) in [5, 5.41) is 19.6. The van der Waals surface area contributed by atoms with Crippen LogP contribution in [0.3, 0.4) is 0 Å². The minimum absolute atomic E-state index is 0.0581. The zero-order valence-corrected chi connectivity index (χ0v) is 11.5. The molecule has 1 fully saturated rings. The molecule has 0 radical (unpaired) electrons. The van der Waals surface area contributed by atoms with Gasteiger partial charge in [-0.3, -0.25) is 9.48 Å². The van der Waals surface area contributed by atoms with E-state index in [1.54, 1.807) is 23.0 Å². The second-order valence-corrected chi connectivity index (χ2v) is 4.81. The third-order valence-corrected chi connectivity index (χ3v) is 3.44. The third kappa shape index (κ3) is 2.55. The lowest BCUT2D eigenvalue weighted by Gasteiger charge is -2.28. The smallest absolute Gasteiger partial charge is 0.274 e. The largest absolute Gasteiger partial charge is 0.508 e. The standard InChI is InChI=1S/C14H16N4O3/c1-21-13-3-2-10(19)6-11(13)17-14(20)12-4-5-16-18(12)9-7-15-8-9/h2-6,9,15,19H,7-8H2,1H3,(H,17,20). The van der Waals surface area contributed by atoms with Crippen molar-refractivity contribution in [2.45, 2.75) is 6.04 Å². The minimum Gasteiger partial charge on any atom is -0.508 e. The maximum absolute atomic E-state index is 12.4. The fourth-order valence-electron chi connectivity index (χ4n) is 2.21. The first-order valence-corrected chi connectivity index (χ1v) is 6.61. The topological polar surface area (TPSA) is 88.4 Å². The molecule has 1 aromatic heterocycles. The van der Waals surface area contributed by atoms with Crippen LogP contribution in [0.1, 0.15) is 16.5 Å². The Hall–Kier alpha value is -2.54. The van der Waals surface area contributed by atoms with Gasteiger partial charge in [-0.1, -0.05) is 0 Å². The van der Waals surface area contributed by atoms with Crippen molar-refractivity contribution in [2.75, 3.05) is 25.5 Å². The number of aromatic hydroxyl groups is 1. The highest BCUT2D eigenvalue weighted by molar-refractivity contribution is 6.04. The van der Waals surface area contributed by atoms with Crippen LogP contribution in [0.5, 0.6) is 11.5 Å². The highest BCUT2D eigenvalue weighted by Crippen LogP contribution is 2.28. The Labute approximate surface area is 121 Å². The summed E-state index contributed by atoms with van der Waals surface area (Å²) in [4.78, 5) is 12.4. The molecule has 2 aromatic rings. The predicted molar refractivity (Wildman–Crippen MR) is 76.7 cm³/mol. The SMILES string of the molecule is COc1ccc(O)cc1NC(=O)c1ccnn1C1CNC1. The van der Waals surface area contributed by atoms with E-state index in [9.17, 15) is 9.90 Å². The number of amides is 1. The van der Waals surface area contributed by atoms with Gasteiger partial charge in [0.25, 0.3) is 5.91 Å². The molecular formula is C14H16N4O3. The molecule has 0 unspecified atom stereocenters. The summed E-state index contributed by atoms with van der Waals surface area (Å²) in [6.07, 6.45) is 1.60. The number of hydrogen-bond donors (Lipinski definition) is 3. The van der Waals surface area contributed by atoms with Crippen molar-refractivity contribution < 1.29 is 14.6 Å². The van der Waals surface area contributed by atoms with Gasteiger partial charge in [0.1, 0.15) is 17.2 Å². The molecule has 3 N–H and O–H groups in total. The van der Waals surface area contributed by atoms with Gasteiger partial charge in [-0.25, -0.2) is 0 Å². The molecule has 0 aliphatic carbocycles. The minimum atomic E-state index is -0.289. The number of aromatic nitrogens is 2. The quantitative estimate of drug-likeness (QED) is 0.781. The number of anilines is 1. The van der Waals surface area contributed by atoms with Crippen LogP contribution in [-0.2, 0) is 0 Å². The van der Waals surface area contributed by atoms with E-state index in [1.807, 2.05) is 0 Å². The van der Waals surface area contributed by atoms with Crippen LogP contribution in [0.15, 0.2) is 30.5 Å². The number of ether oxygens (including phenoxy) is 1. The molecular weight excluding hydrogens is 272 g/mol. The van der Waals surface area contributed by atoms with Gasteiger partial charge < -0.3 is 20.5 Å². The molecule has 0 spiro atoms. The molecule has 1 aromatic carbocycles. The summed E-state index contributed by atoms with van der Waals surface area (Å²) < 4.78 is 6.88. The van der Waals surface area contributed by atoms with Crippen molar-refractivity contribution in [3.8, 4) is 11.5 Å². The number of carbonyl (C=O) groups is 1. The fraction of sp³-hybridized carbons (Fsp3) is 0.286. The highest BCUT2D eigenvalue weighted by Gasteiger charge is 2.24. The van der Waals surface area contributed by atoms with Gasteiger partial charge in [-0.15, -0.1) is 0 Å². The van der Waals surface area contributed by atoms with E-state index < -0.39 is 0 Å². The number of methoxy groups -OCH3 is 1. The Balaban J connectivity index is 1.83. The number of benzene rings is 1. The zero-order chi connectivity index (χ0) is 14.8. The molecule has 3 rings (SSSR count). The van der Waals surface area contributed by atoms with Gasteiger partial charge in [0, 0.05) is 25.4 Å². The van der Waals surface area contributed by atoms with Crippen LogP contribution in [0, 0.1) is 0 Å². The molecule has 7 nitrogen and oxygen atoms in total. The van der Waals surface area contributed by atoms with Crippen molar-refractivity contribution in [1.82, 2.24) is 15.1 Å². The number of hydrogen-bond acceptors (Lipinski definition) is 5. The molecule has 0 saturated carbocycles. The number of rotatable bonds is 4. The van der Waals surface area contributed by atoms with Crippen molar-refractivity contribution in [1.29, 1.82) is 0 Å². The van der Waals surface area contributed by atoms with Crippen molar-refractivity contribution in [3.63, 3.8) is 0 Å². The lowest BCUT2D eigenvalue weighted by Crippen LogP contribution is -2.45. The first-order valence-electron chi connectivity index (χ1n) is 6.61. The highest BCUT2D eigenvalue weighted by atomic mass is 16.5. The van der Waals surface area contributed by atoms with Crippen LogP contribution in [0.25, 0.3) is 0 Å². The maximum Gasteiger partial charge on any atom is 0.274 e. The predicted octanol–water partition coefficient (Wildman–Crippen LogP) is 0.994. The third-order valence-electron chi connectivity index (χ3n) is 3.44. The Bertz CT molecular complexity index is 664. The number of phenols is 1. The normalized spacial score (nSPS) is 14.5. The van der Waals surface area contributed by atoms with E-state index in [-0.39, 0.29) is 17.7 Å². The van der Waals surface area contributed by atoms with Crippen LogP contribution in [0.4, 0.5) is 5.69 Å². The van der Waals surface area contributed by atoms with Crippen LogP contribution < -0.4 is 15.4 Å².